The van der Waals surface area contributed by atoms with E-state index in [1.165, 1.54) is 0 Å². The van der Waals surface area contributed by atoms with Crippen molar-refractivity contribution in [2.24, 2.45) is 11.8 Å². The molecule has 1 heterocycles. The van der Waals surface area contributed by atoms with Gasteiger partial charge in [-0.1, -0.05) is 6.92 Å². The Balaban J connectivity index is 2.06. The second-order valence-electron chi connectivity index (χ2n) is 5.04. The van der Waals surface area contributed by atoms with Gasteiger partial charge in [0.25, 0.3) is 0 Å². The highest BCUT2D eigenvalue weighted by molar-refractivity contribution is 5.79. The Bertz CT molecular complexity index is 218. The number of nitrogens with zero attached hydrogens (tertiary/aromatic N) is 1. The van der Waals surface area contributed by atoms with Crippen LogP contribution in [0.1, 0.15) is 19.8 Å². The van der Waals surface area contributed by atoms with E-state index in [-0.39, 0.29) is 11.8 Å². The maximum Gasteiger partial charge on any atom is 0.224 e. The lowest BCUT2D eigenvalue weighted by molar-refractivity contribution is -0.125. The Morgan fingerprint density at radius 3 is 2.69 bits per heavy atom. The molecular weight excluding hydrogens is 202 g/mol. The Morgan fingerprint density at radius 2 is 2.12 bits per heavy atom. The highest BCUT2D eigenvalue weighted by Gasteiger charge is 2.28. The van der Waals surface area contributed by atoms with Crippen LogP contribution in [0.3, 0.4) is 0 Å². The van der Waals surface area contributed by atoms with E-state index >= 15 is 0 Å². The Morgan fingerprint density at radius 1 is 1.38 bits per heavy atom. The summed E-state index contributed by atoms with van der Waals surface area (Å²) in [4.78, 5) is 14.0. The van der Waals surface area contributed by atoms with Gasteiger partial charge in [0.15, 0.2) is 0 Å². The molecule has 0 spiro atoms. The second-order valence-corrected chi connectivity index (χ2v) is 5.04. The van der Waals surface area contributed by atoms with Gasteiger partial charge in [-0.15, -0.1) is 0 Å². The van der Waals surface area contributed by atoms with E-state index in [1.54, 1.807) is 0 Å². The molecular formula is C12H25N3O. The van der Waals surface area contributed by atoms with E-state index < -0.39 is 0 Å². The molecule has 1 saturated heterocycles. The maximum absolute atomic E-state index is 11.8. The molecule has 0 saturated carbocycles. The number of carbonyl (C=O) groups excluding carboxylic acids is 1. The van der Waals surface area contributed by atoms with E-state index in [2.05, 4.69) is 36.6 Å². The minimum Gasteiger partial charge on any atom is -0.356 e. The van der Waals surface area contributed by atoms with Crippen LogP contribution in [0.5, 0.6) is 0 Å². The lowest BCUT2D eigenvalue weighted by Gasteiger charge is -2.14. The highest BCUT2D eigenvalue weighted by Crippen LogP contribution is 2.15. The number of hydrogen-bond donors (Lipinski definition) is 2. The molecule has 0 unspecified atom stereocenters. The lowest BCUT2D eigenvalue weighted by atomic mass is 9.97. The summed E-state index contributed by atoms with van der Waals surface area (Å²) in [5.74, 6) is 0.873. The van der Waals surface area contributed by atoms with Gasteiger partial charge in [-0.3, -0.25) is 4.79 Å². The molecule has 1 aliphatic rings. The molecule has 1 amide bonds. The predicted molar refractivity (Wildman–Crippen MR) is 66.3 cm³/mol. The first kappa shape index (κ1) is 13.5. The van der Waals surface area contributed by atoms with Crippen molar-refractivity contribution >= 4 is 5.91 Å². The van der Waals surface area contributed by atoms with Crippen LogP contribution in [0.2, 0.25) is 0 Å². The molecule has 0 aliphatic carbocycles. The molecule has 2 atom stereocenters. The largest absolute Gasteiger partial charge is 0.356 e. The van der Waals surface area contributed by atoms with Gasteiger partial charge < -0.3 is 15.5 Å². The summed E-state index contributed by atoms with van der Waals surface area (Å²) in [6.45, 7) is 5.85. The van der Waals surface area contributed by atoms with E-state index in [1.807, 2.05) is 0 Å². The normalized spacial score (nSPS) is 25.0. The van der Waals surface area contributed by atoms with Crippen LogP contribution in [-0.2, 0) is 4.79 Å². The third-order valence-corrected chi connectivity index (χ3v) is 3.19. The highest BCUT2D eigenvalue weighted by atomic mass is 16.1. The fourth-order valence-corrected chi connectivity index (χ4v) is 2.06. The minimum absolute atomic E-state index is 0.175. The van der Waals surface area contributed by atoms with Crippen LogP contribution in [0.15, 0.2) is 0 Å². The number of amides is 1. The molecule has 16 heavy (non-hydrogen) atoms. The molecule has 0 aromatic heterocycles. The Kier molecular flexibility index (Phi) is 5.77. The van der Waals surface area contributed by atoms with Crippen molar-refractivity contribution in [2.75, 3.05) is 40.3 Å². The number of rotatable bonds is 6. The predicted octanol–water partition coefficient (Wildman–Crippen LogP) is 0.300. The molecule has 4 heteroatoms. The molecule has 0 radical (unpaired) electrons. The van der Waals surface area contributed by atoms with Crippen LogP contribution < -0.4 is 10.6 Å². The first-order valence-electron chi connectivity index (χ1n) is 6.24. The van der Waals surface area contributed by atoms with Crippen molar-refractivity contribution in [1.82, 2.24) is 15.5 Å². The van der Waals surface area contributed by atoms with Crippen LogP contribution in [0.4, 0.5) is 0 Å². The zero-order valence-electron chi connectivity index (χ0n) is 10.8. The van der Waals surface area contributed by atoms with E-state index in [4.69, 9.17) is 0 Å². The average Bonchev–Trinajstić information content (AvgIpc) is 2.63. The van der Waals surface area contributed by atoms with Crippen LogP contribution in [-0.4, -0.2) is 51.1 Å². The number of nitrogens with one attached hydrogen (secondary N) is 2. The summed E-state index contributed by atoms with van der Waals surface area (Å²) < 4.78 is 0. The fourth-order valence-electron chi connectivity index (χ4n) is 2.06. The van der Waals surface area contributed by atoms with Crippen molar-refractivity contribution in [3.63, 3.8) is 0 Å². The topological polar surface area (TPSA) is 44.4 Å². The standard InChI is InChI=1S/C12H25N3O/c1-10-8-13-9-11(10)12(16)14-6-4-5-7-15(2)3/h10-11,13H,4-9H2,1-3H3,(H,14,16)/t10-,11-/m1/s1. The molecule has 0 bridgehead atoms. The van der Waals surface area contributed by atoms with Crippen molar-refractivity contribution < 1.29 is 4.79 Å². The summed E-state index contributed by atoms with van der Waals surface area (Å²) in [5, 5.41) is 6.28. The molecule has 1 aliphatic heterocycles. The maximum atomic E-state index is 11.8. The molecule has 1 rings (SSSR count). The zero-order valence-corrected chi connectivity index (χ0v) is 10.8. The van der Waals surface area contributed by atoms with Crippen LogP contribution in [0.25, 0.3) is 0 Å². The first-order valence-corrected chi connectivity index (χ1v) is 6.24. The fraction of sp³-hybridized carbons (Fsp3) is 0.917. The molecule has 0 aromatic rings. The first-order chi connectivity index (χ1) is 7.61. The average molecular weight is 227 g/mol. The van der Waals surface area contributed by atoms with Crippen molar-refractivity contribution in [3.8, 4) is 0 Å². The third kappa shape index (κ3) is 4.49. The van der Waals surface area contributed by atoms with Gasteiger partial charge in [0.2, 0.25) is 5.91 Å². The van der Waals surface area contributed by atoms with Crippen molar-refractivity contribution in [1.29, 1.82) is 0 Å². The summed E-state index contributed by atoms with van der Waals surface area (Å²) in [6.07, 6.45) is 2.21. The molecule has 1 fully saturated rings. The van der Waals surface area contributed by atoms with E-state index in [0.29, 0.717) is 5.92 Å². The Labute approximate surface area is 98.8 Å². The number of hydrogen-bond acceptors (Lipinski definition) is 3. The minimum atomic E-state index is 0.175. The summed E-state index contributed by atoms with van der Waals surface area (Å²) >= 11 is 0. The van der Waals surface area contributed by atoms with Gasteiger partial charge in [-0.2, -0.15) is 0 Å². The summed E-state index contributed by atoms with van der Waals surface area (Å²) in [5.41, 5.74) is 0. The van der Waals surface area contributed by atoms with E-state index in [0.717, 1.165) is 39.0 Å². The van der Waals surface area contributed by atoms with Crippen LogP contribution >= 0.6 is 0 Å². The number of unbranched alkanes of at least 4 members (excludes halogenated alkanes) is 1. The lowest BCUT2D eigenvalue weighted by Crippen LogP contribution is -2.35. The van der Waals surface area contributed by atoms with Crippen molar-refractivity contribution in [3.05, 3.63) is 0 Å². The van der Waals surface area contributed by atoms with Crippen LogP contribution in [0, 0.1) is 11.8 Å². The summed E-state index contributed by atoms with van der Waals surface area (Å²) in [7, 11) is 4.15. The molecule has 2 N–H and O–H groups in total. The van der Waals surface area contributed by atoms with Gasteiger partial charge in [0, 0.05) is 13.1 Å². The molecule has 0 aromatic carbocycles. The zero-order chi connectivity index (χ0) is 12.0. The van der Waals surface area contributed by atoms with Gasteiger partial charge in [0.05, 0.1) is 5.92 Å². The second kappa shape index (κ2) is 6.86. The van der Waals surface area contributed by atoms with Gasteiger partial charge >= 0.3 is 0 Å². The molecule has 94 valence electrons. The Hall–Kier alpha value is -0.610. The third-order valence-electron chi connectivity index (χ3n) is 3.19. The SMILES string of the molecule is C[C@@H]1CNC[C@H]1C(=O)NCCCCN(C)C. The van der Waals surface area contributed by atoms with E-state index in [9.17, 15) is 4.79 Å². The van der Waals surface area contributed by atoms with Crippen molar-refractivity contribution in [2.45, 2.75) is 19.8 Å². The quantitative estimate of drug-likeness (QED) is 0.642. The molecule has 4 nitrogen and oxygen atoms in total. The summed E-state index contributed by atoms with van der Waals surface area (Å²) in [6, 6.07) is 0. The monoisotopic (exact) mass is 227 g/mol. The van der Waals surface area contributed by atoms with Gasteiger partial charge in [0.1, 0.15) is 0 Å². The van der Waals surface area contributed by atoms with Gasteiger partial charge in [-0.25, -0.2) is 0 Å². The van der Waals surface area contributed by atoms with Gasteiger partial charge in [-0.05, 0) is 45.9 Å². The number of carbonyl (C=O) groups is 1. The smallest absolute Gasteiger partial charge is 0.224 e.